The van der Waals surface area contributed by atoms with Crippen LogP contribution in [0.1, 0.15) is 32.1 Å². The lowest BCUT2D eigenvalue weighted by Crippen LogP contribution is -2.45. The quantitative estimate of drug-likeness (QED) is 0.607. The Kier molecular flexibility index (Phi) is 5.37. The Balaban J connectivity index is 2.16. The van der Waals surface area contributed by atoms with Crippen LogP contribution in [0.15, 0.2) is 0 Å². The number of aliphatic hydroxyl groups is 1. The van der Waals surface area contributed by atoms with Gasteiger partial charge in [-0.25, -0.2) is 4.79 Å². The molecule has 0 saturated heterocycles. The zero-order valence-corrected chi connectivity index (χ0v) is 9.78. The van der Waals surface area contributed by atoms with Crippen molar-refractivity contribution in [1.29, 1.82) is 0 Å². The van der Waals surface area contributed by atoms with E-state index in [2.05, 4.69) is 10.1 Å². The number of rotatable bonds is 6. The van der Waals surface area contributed by atoms with E-state index in [1.54, 1.807) is 0 Å². The van der Waals surface area contributed by atoms with Gasteiger partial charge in [0.2, 0.25) is 5.91 Å². The summed E-state index contributed by atoms with van der Waals surface area (Å²) in [6, 6.07) is 0. The van der Waals surface area contributed by atoms with E-state index in [0.717, 1.165) is 19.3 Å². The fraction of sp³-hybridized carbons (Fsp3) is 0.818. The van der Waals surface area contributed by atoms with Crippen LogP contribution in [0, 0.1) is 0 Å². The number of ether oxygens (including phenoxy) is 1. The van der Waals surface area contributed by atoms with Gasteiger partial charge in [0.15, 0.2) is 0 Å². The molecule has 6 heteroatoms. The van der Waals surface area contributed by atoms with Crippen molar-refractivity contribution in [3.8, 4) is 0 Å². The minimum Gasteiger partial charge on any atom is -0.480 e. The second-order valence-electron chi connectivity index (χ2n) is 4.45. The standard InChI is InChI=1S/C11H19NO5/c13-9(6-17-7-10(14)15)12-8-11(16)4-2-1-3-5-11/h16H,1-8H2,(H,12,13)(H,14,15). The zero-order chi connectivity index (χ0) is 12.7. The Morgan fingerprint density at radius 3 is 2.41 bits per heavy atom. The molecule has 0 aromatic heterocycles. The number of hydrogen-bond acceptors (Lipinski definition) is 4. The van der Waals surface area contributed by atoms with Gasteiger partial charge in [-0.3, -0.25) is 4.79 Å². The van der Waals surface area contributed by atoms with Gasteiger partial charge in [0, 0.05) is 6.54 Å². The number of amides is 1. The van der Waals surface area contributed by atoms with E-state index < -0.39 is 24.1 Å². The first kappa shape index (κ1) is 13.9. The van der Waals surface area contributed by atoms with Crippen LogP contribution < -0.4 is 5.32 Å². The molecule has 0 aromatic carbocycles. The van der Waals surface area contributed by atoms with Crippen LogP contribution in [-0.4, -0.2) is 47.4 Å². The summed E-state index contributed by atoms with van der Waals surface area (Å²) in [5.74, 6) is -1.51. The van der Waals surface area contributed by atoms with Crippen LogP contribution in [0.3, 0.4) is 0 Å². The Hall–Kier alpha value is -1.14. The first-order valence-corrected chi connectivity index (χ1v) is 5.80. The molecule has 3 N–H and O–H groups in total. The maximum absolute atomic E-state index is 11.3. The van der Waals surface area contributed by atoms with Crippen LogP contribution in [0.5, 0.6) is 0 Å². The van der Waals surface area contributed by atoms with E-state index in [1.807, 2.05) is 0 Å². The number of carbonyl (C=O) groups excluding carboxylic acids is 1. The second-order valence-corrected chi connectivity index (χ2v) is 4.45. The lowest BCUT2D eigenvalue weighted by molar-refractivity contribution is -0.143. The highest BCUT2D eigenvalue weighted by Gasteiger charge is 2.29. The molecule has 1 aliphatic rings. The molecule has 1 aliphatic carbocycles. The largest absolute Gasteiger partial charge is 0.480 e. The van der Waals surface area contributed by atoms with Crippen LogP contribution in [-0.2, 0) is 14.3 Å². The summed E-state index contributed by atoms with van der Waals surface area (Å²) in [7, 11) is 0. The molecule has 0 bridgehead atoms. The van der Waals surface area contributed by atoms with Crippen LogP contribution in [0.4, 0.5) is 0 Å². The fourth-order valence-corrected chi connectivity index (χ4v) is 1.93. The maximum Gasteiger partial charge on any atom is 0.329 e. The van der Waals surface area contributed by atoms with Gasteiger partial charge in [-0.05, 0) is 12.8 Å². The molecule has 6 nitrogen and oxygen atoms in total. The van der Waals surface area contributed by atoms with Crippen molar-refractivity contribution in [3.63, 3.8) is 0 Å². The molecule has 0 aromatic rings. The maximum atomic E-state index is 11.3. The molecule has 17 heavy (non-hydrogen) atoms. The van der Waals surface area contributed by atoms with Gasteiger partial charge in [-0.15, -0.1) is 0 Å². The van der Waals surface area contributed by atoms with Gasteiger partial charge in [-0.2, -0.15) is 0 Å². The molecule has 0 aliphatic heterocycles. The Bertz CT molecular complexity index is 273. The SMILES string of the molecule is O=C(O)COCC(=O)NCC1(O)CCCCC1. The van der Waals surface area contributed by atoms with Crippen molar-refractivity contribution in [2.75, 3.05) is 19.8 Å². The summed E-state index contributed by atoms with van der Waals surface area (Å²) in [5, 5.41) is 20.9. The lowest BCUT2D eigenvalue weighted by Gasteiger charge is -2.32. The fourth-order valence-electron chi connectivity index (χ4n) is 1.93. The Morgan fingerprint density at radius 2 is 1.82 bits per heavy atom. The van der Waals surface area contributed by atoms with E-state index in [0.29, 0.717) is 12.8 Å². The summed E-state index contributed by atoms with van der Waals surface area (Å²) in [4.78, 5) is 21.4. The van der Waals surface area contributed by atoms with Crippen molar-refractivity contribution in [2.45, 2.75) is 37.7 Å². The minimum absolute atomic E-state index is 0.211. The summed E-state index contributed by atoms with van der Waals surface area (Å²) in [6.07, 6.45) is 4.47. The van der Waals surface area contributed by atoms with Gasteiger partial charge in [-0.1, -0.05) is 19.3 Å². The molecule has 0 unspecified atom stereocenters. The first-order chi connectivity index (χ1) is 8.02. The molecule has 1 saturated carbocycles. The van der Waals surface area contributed by atoms with Crippen LogP contribution >= 0.6 is 0 Å². The number of nitrogens with one attached hydrogen (secondary N) is 1. The third-order valence-corrected chi connectivity index (χ3v) is 2.86. The smallest absolute Gasteiger partial charge is 0.329 e. The molecular weight excluding hydrogens is 226 g/mol. The average Bonchev–Trinajstić information content (AvgIpc) is 2.27. The molecule has 0 heterocycles. The molecule has 98 valence electrons. The van der Waals surface area contributed by atoms with Gasteiger partial charge in [0.25, 0.3) is 0 Å². The van der Waals surface area contributed by atoms with Crippen LogP contribution in [0.2, 0.25) is 0 Å². The topological polar surface area (TPSA) is 95.9 Å². The summed E-state index contributed by atoms with van der Waals surface area (Å²) >= 11 is 0. The van der Waals surface area contributed by atoms with Crippen LogP contribution in [0.25, 0.3) is 0 Å². The minimum atomic E-state index is -1.11. The molecule has 0 radical (unpaired) electrons. The van der Waals surface area contributed by atoms with Gasteiger partial charge in [0.05, 0.1) is 5.60 Å². The monoisotopic (exact) mass is 245 g/mol. The molecule has 1 rings (SSSR count). The number of hydrogen-bond donors (Lipinski definition) is 3. The number of carboxylic acids is 1. The number of carboxylic acid groups (broad SMARTS) is 1. The van der Waals surface area contributed by atoms with Crippen molar-refractivity contribution in [2.24, 2.45) is 0 Å². The van der Waals surface area contributed by atoms with Crippen molar-refractivity contribution in [3.05, 3.63) is 0 Å². The Labute approximate surface area is 100.0 Å². The van der Waals surface area contributed by atoms with E-state index >= 15 is 0 Å². The predicted molar refractivity (Wildman–Crippen MR) is 59.5 cm³/mol. The van der Waals surface area contributed by atoms with Gasteiger partial charge in [0.1, 0.15) is 13.2 Å². The molecule has 0 atom stereocenters. The Morgan fingerprint density at radius 1 is 1.18 bits per heavy atom. The average molecular weight is 245 g/mol. The van der Waals surface area contributed by atoms with E-state index in [1.165, 1.54) is 0 Å². The lowest BCUT2D eigenvalue weighted by atomic mass is 9.85. The van der Waals surface area contributed by atoms with Gasteiger partial charge >= 0.3 is 5.97 Å². The third kappa shape index (κ3) is 5.65. The number of carbonyl (C=O) groups is 2. The zero-order valence-electron chi connectivity index (χ0n) is 9.78. The molecular formula is C11H19NO5. The van der Waals surface area contributed by atoms with Crippen molar-refractivity contribution in [1.82, 2.24) is 5.32 Å². The normalized spacial score (nSPS) is 18.6. The summed E-state index contributed by atoms with van der Waals surface area (Å²) in [6.45, 7) is -0.567. The highest BCUT2D eigenvalue weighted by atomic mass is 16.5. The molecule has 0 spiro atoms. The summed E-state index contributed by atoms with van der Waals surface area (Å²) < 4.78 is 4.64. The predicted octanol–water partition coefficient (Wildman–Crippen LogP) is -0.101. The van der Waals surface area contributed by atoms with Gasteiger partial charge < -0.3 is 20.3 Å². The highest BCUT2D eigenvalue weighted by molar-refractivity contribution is 5.77. The van der Waals surface area contributed by atoms with Crippen molar-refractivity contribution >= 4 is 11.9 Å². The number of aliphatic carboxylic acids is 1. The second kappa shape index (κ2) is 6.56. The highest BCUT2D eigenvalue weighted by Crippen LogP contribution is 2.27. The molecule has 1 fully saturated rings. The van der Waals surface area contributed by atoms with E-state index in [4.69, 9.17) is 5.11 Å². The third-order valence-electron chi connectivity index (χ3n) is 2.86. The molecule has 1 amide bonds. The van der Waals surface area contributed by atoms with Crippen molar-refractivity contribution < 1.29 is 24.5 Å². The van der Waals surface area contributed by atoms with E-state index in [-0.39, 0.29) is 13.2 Å². The summed E-state index contributed by atoms with van der Waals surface area (Å²) in [5.41, 5.74) is -0.805. The first-order valence-electron chi connectivity index (χ1n) is 5.80. The van der Waals surface area contributed by atoms with E-state index in [9.17, 15) is 14.7 Å².